The van der Waals surface area contributed by atoms with Crippen LogP contribution in [0.1, 0.15) is 15.9 Å². The summed E-state index contributed by atoms with van der Waals surface area (Å²) in [5.74, 6) is 0. The smallest absolute Gasteiger partial charge is 0.150 e. The molecule has 1 heterocycles. The highest BCUT2D eigenvalue weighted by atomic mass is 16.1. The van der Waals surface area contributed by atoms with Crippen LogP contribution in [0, 0.1) is 0 Å². The van der Waals surface area contributed by atoms with Crippen LogP contribution in [0.2, 0.25) is 0 Å². The van der Waals surface area contributed by atoms with Gasteiger partial charge in [0.05, 0.1) is 5.69 Å². The van der Waals surface area contributed by atoms with Crippen LogP contribution in [-0.2, 0) is 6.42 Å². The Morgan fingerprint density at radius 2 is 2.31 bits per heavy atom. The van der Waals surface area contributed by atoms with E-state index in [0.29, 0.717) is 5.56 Å². The lowest BCUT2D eigenvalue weighted by atomic mass is 10.0. The number of carbonyl (C=O) groups excluding carboxylic acids is 1. The Hall–Kier alpha value is -1.77. The Labute approximate surface area is 75.8 Å². The molecular formula is C10H8N2O. The molecule has 0 unspecified atom stereocenters. The second-order valence-electron chi connectivity index (χ2n) is 2.77. The number of nitrogens with zero attached hydrogens (tertiary/aromatic N) is 2. The van der Waals surface area contributed by atoms with E-state index in [-0.39, 0.29) is 0 Å². The van der Waals surface area contributed by atoms with Gasteiger partial charge in [0.25, 0.3) is 0 Å². The van der Waals surface area contributed by atoms with Gasteiger partial charge in [-0.15, -0.1) is 0 Å². The van der Waals surface area contributed by atoms with Gasteiger partial charge < -0.3 is 0 Å². The second kappa shape index (κ2) is 3.31. The zero-order valence-electron chi connectivity index (χ0n) is 6.97. The Bertz CT molecular complexity index is 394. The molecule has 0 bridgehead atoms. The number of carbonyl (C=O) groups is 1. The minimum Gasteiger partial charge on any atom is -0.298 e. The Morgan fingerprint density at radius 1 is 1.38 bits per heavy atom. The monoisotopic (exact) mass is 172 g/mol. The van der Waals surface area contributed by atoms with E-state index in [1.165, 1.54) is 0 Å². The topological polar surface area (TPSA) is 41.8 Å². The summed E-state index contributed by atoms with van der Waals surface area (Å²) in [4.78, 5) is 10.7. The van der Waals surface area contributed by atoms with E-state index in [1.807, 2.05) is 18.2 Å². The van der Waals surface area contributed by atoms with Crippen molar-refractivity contribution in [3.63, 3.8) is 0 Å². The molecule has 0 amide bonds. The maximum atomic E-state index is 10.7. The molecule has 64 valence electrons. The molecule has 0 aromatic heterocycles. The largest absolute Gasteiger partial charge is 0.298 e. The summed E-state index contributed by atoms with van der Waals surface area (Å²) in [6, 6.07) is 5.46. The molecule has 1 aliphatic rings. The van der Waals surface area contributed by atoms with Gasteiger partial charge in [0.15, 0.2) is 0 Å². The quantitative estimate of drug-likeness (QED) is 0.600. The van der Waals surface area contributed by atoms with Crippen molar-refractivity contribution in [1.82, 2.24) is 0 Å². The first-order valence-corrected chi connectivity index (χ1v) is 4.05. The van der Waals surface area contributed by atoms with Crippen molar-refractivity contribution in [3.05, 3.63) is 41.6 Å². The van der Waals surface area contributed by atoms with Crippen molar-refractivity contribution < 1.29 is 4.79 Å². The molecule has 3 heteroatoms. The molecule has 1 aromatic rings. The second-order valence-corrected chi connectivity index (χ2v) is 2.77. The fourth-order valence-electron chi connectivity index (χ4n) is 1.33. The van der Waals surface area contributed by atoms with Gasteiger partial charge in [-0.1, -0.05) is 18.2 Å². The predicted molar refractivity (Wildman–Crippen MR) is 49.2 cm³/mol. The zero-order chi connectivity index (χ0) is 9.10. The van der Waals surface area contributed by atoms with Crippen molar-refractivity contribution >= 4 is 12.0 Å². The van der Waals surface area contributed by atoms with E-state index in [2.05, 4.69) is 10.2 Å². The maximum absolute atomic E-state index is 10.7. The third-order valence-electron chi connectivity index (χ3n) is 1.97. The molecule has 0 spiro atoms. The molecule has 0 saturated heterocycles. The van der Waals surface area contributed by atoms with Crippen LogP contribution >= 0.6 is 0 Å². The van der Waals surface area contributed by atoms with Gasteiger partial charge in [-0.2, -0.15) is 10.2 Å². The van der Waals surface area contributed by atoms with Crippen molar-refractivity contribution in [2.75, 3.05) is 0 Å². The molecule has 0 saturated carbocycles. The summed E-state index contributed by atoms with van der Waals surface area (Å²) in [6.45, 7) is 0. The number of allylic oxidation sites excluding steroid dienone is 1. The first-order valence-electron chi connectivity index (χ1n) is 4.05. The van der Waals surface area contributed by atoms with Gasteiger partial charge in [0, 0.05) is 11.8 Å². The average Bonchev–Trinajstić information content (AvgIpc) is 2.41. The van der Waals surface area contributed by atoms with Crippen LogP contribution in [0.3, 0.4) is 0 Å². The van der Waals surface area contributed by atoms with E-state index in [0.717, 1.165) is 24.0 Å². The Balaban J connectivity index is 2.61. The first kappa shape index (κ1) is 7.86. The van der Waals surface area contributed by atoms with Gasteiger partial charge in [-0.05, 0) is 18.1 Å². The highest BCUT2D eigenvalue weighted by Gasteiger charge is 2.06. The number of benzene rings is 1. The standard InChI is InChI=1S/C10H8N2O/c13-7-8-3-1-5-10-9(8)4-2-6-11-12-10/h1-3,5-7H,4H2. The average molecular weight is 172 g/mol. The first-order chi connectivity index (χ1) is 6.42. The highest BCUT2D eigenvalue weighted by Crippen LogP contribution is 2.24. The lowest BCUT2D eigenvalue weighted by Gasteiger charge is -2.02. The molecule has 0 aliphatic carbocycles. The molecule has 2 rings (SSSR count). The minimum atomic E-state index is 0.697. The molecule has 3 nitrogen and oxygen atoms in total. The van der Waals surface area contributed by atoms with Gasteiger partial charge in [-0.25, -0.2) is 0 Å². The summed E-state index contributed by atoms with van der Waals surface area (Å²) >= 11 is 0. The van der Waals surface area contributed by atoms with Crippen molar-refractivity contribution in [2.24, 2.45) is 10.2 Å². The maximum Gasteiger partial charge on any atom is 0.150 e. The van der Waals surface area contributed by atoms with Crippen LogP contribution in [0.4, 0.5) is 5.69 Å². The number of hydrogen-bond donors (Lipinski definition) is 0. The number of hydrogen-bond acceptors (Lipinski definition) is 3. The Morgan fingerprint density at radius 3 is 3.15 bits per heavy atom. The third-order valence-corrected chi connectivity index (χ3v) is 1.97. The number of azo groups is 1. The molecule has 13 heavy (non-hydrogen) atoms. The van der Waals surface area contributed by atoms with E-state index in [9.17, 15) is 4.79 Å². The van der Waals surface area contributed by atoms with E-state index in [1.54, 1.807) is 12.3 Å². The predicted octanol–water partition coefficient (Wildman–Crippen LogP) is 2.65. The molecule has 0 radical (unpaired) electrons. The fraction of sp³-hybridized carbons (Fsp3) is 0.100. The van der Waals surface area contributed by atoms with E-state index >= 15 is 0 Å². The highest BCUT2D eigenvalue weighted by molar-refractivity contribution is 5.80. The molecule has 1 aliphatic heterocycles. The van der Waals surface area contributed by atoms with Crippen molar-refractivity contribution in [3.8, 4) is 0 Å². The summed E-state index contributed by atoms with van der Waals surface area (Å²) < 4.78 is 0. The normalized spacial score (nSPS) is 13.5. The number of rotatable bonds is 1. The van der Waals surface area contributed by atoms with Crippen LogP contribution in [0.5, 0.6) is 0 Å². The lowest BCUT2D eigenvalue weighted by Crippen LogP contribution is -1.90. The molecule has 0 fully saturated rings. The fourth-order valence-corrected chi connectivity index (χ4v) is 1.33. The Kier molecular flexibility index (Phi) is 2.00. The van der Waals surface area contributed by atoms with Crippen molar-refractivity contribution in [2.45, 2.75) is 6.42 Å². The van der Waals surface area contributed by atoms with Crippen LogP contribution < -0.4 is 0 Å². The zero-order valence-corrected chi connectivity index (χ0v) is 6.97. The molecule has 1 aromatic carbocycles. The van der Waals surface area contributed by atoms with Gasteiger partial charge in [-0.3, -0.25) is 4.79 Å². The number of fused-ring (bicyclic) bond motifs is 1. The lowest BCUT2D eigenvalue weighted by molar-refractivity contribution is 0.112. The van der Waals surface area contributed by atoms with Crippen LogP contribution in [-0.4, -0.2) is 6.29 Å². The van der Waals surface area contributed by atoms with E-state index in [4.69, 9.17) is 0 Å². The SMILES string of the molecule is O=Cc1cccc2c1CC=CN=N2. The van der Waals surface area contributed by atoms with Crippen LogP contribution in [0.25, 0.3) is 0 Å². The van der Waals surface area contributed by atoms with E-state index < -0.39 is 0 Å². The van der Waals surface area contributed by atoms with Crippen molar-refractivity contribution in [1.29, 1.82) is 0 Å². The summed E-state index contributed by atoms with van der Waals surface area (Å²) in [6.07, 6.45) is 5.11. The van der Waals surface area contributed by atoms with Gasteiger partial charge in [0.2, 0.25) is 0 Å². The number of aldehydes is 1. The van der Waals surface area contributed by atoms with Gasteiger partial charge >= 0.3 is 0 Å². The summed E-state index contributed by atoms with van der Waals surface area (Å²) in [5, 5.41) is 7.79. The van der Waals surface area contributed by atoms with Crippen LogP contribution in [0.15, 0.2) is 40.7 Å². The summed E-state index contributed by atoms with van der Waals surface area (Å²) in [7, 11) is 0. The molecule has 0 N–H and O–H groups in total. The third kappa shape index (κ3) is 1.40. The molecule has 0 atom stereocenters. The molecular weight excluding hydrogens is 164 g/mol. The summed E-state index contributed by atoms with van der Waals surface area (Å²) in [5.41, 5.74) is 2.44. The van der Waals surface area contributed by atoms with Gasteiger partial charge in [0.1, 0.15) is 6.29 Å². The minimum absolute atomic E-state index is 0.697.